The van der Waals surface area contributed by atoms with Gasteiger partial charge in [-0.25, -0.2) is 4.79 Å². The molecule has 2 aromatic rings. The quantitative estimate of drug-likeness (QED) is 0.849. The summed E-state index contributed by atoms with van der Waals surface area (Å²) in [5, 5.41) is 12.2. The van der Waals surface area contributed by atoms with E-state index in [1.165, 1.54) is 0 Å². The maximum Gasteiger partial charge on any atom is 0.336 e. The first kappa shape index (κ1) is 11.3. The van der Waals surface area contributed by atoms with Gasteiger partial charge < -0.3 is 14.8 Å². The zero-order chi connectivity index (χ0) is 12.3. The third-order valence-corrected chi connectivity index (χ3v) is 2.63. The van der Waals surface area contributed by atoms with Gasteiger partial charge in [-0.05, 0) is 30.7 Å². The minimum atomic E-state index is -0.908. The molecule has 0 atom stereocenters. The molecular formula is C13H13NO3. The van der Waals surface area contributed by atoms with Crippen molar-refractivity contribution in [1.29, 1.82) is 0 Å². The summed E-state index contributed by atoms with van der Waals surface area (Å²) in [5.74, 6) is -0.908. The van der Waals surface area contributed by atoms with Crippen LogP contribution in [0, 0.1) is 6.92 Å². The third kappa shape index (κ3) is 2.47. The Morgan fingerprint density at radius 3 is 2.88 bits per heavy atom. The van der Waals surface area contributed by atoms with Crippen LogP contribution in [0.4, 0.5) is 5.69 Å². The van der Waals surface area contributed by atoms with Gasteiger partial charge in [0.15, 0.2) is 0 Å². The number of carbonyl (C=O) groups is 1. The van der Waals surface area contributed by atoms with Gasteiger partial charge in [-0.2, -0.15) is 0 Å². The summed E-state index contributed by atoms with van der Waals surface area (Å²) in [6, 6.07) is 7.06. The fourth-order valence-electron chi connectivity index (χ4n) is 1.65. The van der Waals surface area contributed by atoms with Crippen molar-refractivity contribution in [1.82, 2.24) is 0 Å². The van der Waals surface area contributed by atoms with Crippen molar-refractivity contribution in [3.8, 4) is 0 Å². The van der Waals surface area contributed by atoms with Crippen LogP contribution >= 0.6 is 0 Å². The van der Waals surface area contributed by atoms with E-state index in [-0.39, 0.29) is 0 Å². The van der Waals surface area contributed by atoms with E-state index in [1.54, 1.807) is 31.6 Å². The molecule has 0 aliphatic rings. The monoisotopic (exact) mass is 231 g/mol. The van der Waals surface area contributed by atoms with Crippen molar-refractivity contribution < 1.29 is 14.3 Å². The van der Waals surface area contributed by atoms with E-state index in [9.17, 15) is 4.79 Å². The minimum absolute atomic E-state index is 0.321. The van der Waals surface area contributed by atoms with Crippen LogP contribution in [-0.4, -0.2) is 11.1 Å². The molecule has 0 aliphatic carbocycles. The maximum absolute atomic E-state index is 11.0. The normalized spacial score (nSPS) is 10.2. The third-order valence-electron chi connectivity index (χ3n) is 2.63. The number of hydrogen-bond donors (Lipinski definition) is 2. The number of rotatable bonds is 4. The lowest BCUT2D eigenvalue weighted by Crippen LogP contribution is -2.05. The average Bonchev–Trinajstić information content (AvgIpc) is 2.80. The Morgan fingerprint density at radius 1 is 1.41 bits per heavy atom. The molecule has 1 aromatic carbocycles. The molecule has 0 bridgehead atoms. The molecule has 0 saturated carbocycles. The minimum Gasteiger partial charge on any atom is -0.478 e. The Kier molecular flexibility index (Phi) is 3.14. The summed E-state index contributed by atoms with van der Waals surface area (Å²) in [7, 11) is 0. The molecule has 4 heteroatoms. The van der Waals surface area contributed by atoms with Gasteiger partial charge in [0.05, 0.1) is 18.1 Å². The number of hydrogen-bond acceptors (Lipinski definition) is 3. The number of carboxylic acids is 1. The van der Waals surface area contributed by atoms with Crippen LogP contribution in [-0.2, 0) is 6.54 Å². The van der Waals surface area contributed by atoms with Gasteiger partial charge >= 0.3 is 5.97 Å². The van der Waals surface area contributed by atoms with Gasteiger partial charge in [-0.15, -0.1) is 0 Å². The summed E-state index contributed by atoms with van der Waals surface area (Å²) in [6.45, 7) is 2.40. The van der Waals surface area contributed by atoms with Crippen LogP contribution in [0.5, 0.6) is 0 Å². The highest BCUT2D eigenvalue weighted by Crippen LogP contribution is 2.19. The van der Waals surface area contributed by atoms with Gasteiger partial charge in [0.1, 0.15) is 0 Å². The van der Waals surface area contributed by atoms with E-state index in [0.717, 1.165) is 16.8 Å². The van der Waals surface area contributed by atoms with Crippen LogP contribution in [0.2, 0.25) is 0 Å². The molecule has 4 nitrogen and oxygen atoms in total. The molecule has 1 heterocycles. The van der Waals surface area contributed by atoms with E-state index in [2.05, 4.69) is 5.32 Å². The van der Waals surface area contributed by atoms with E-state index >= 15 is 0 Å². The molecule has 0 unspecified atom stereocenters. The molecule has 88 valence electrons. The largest absolute Gasteiger partial charge is 0.478 e. The fraction of sp³-hybridized carbons (Fsp3) is 0.154. The topological polar surface area (TPSA) is 62.5 Å². The Bertz CT molecular complexity index is 517. The van der Waals surface area contributed by atoms with Crippen molar-refractivity contribution in [2.45, 2.75) is 13.5 Å². The molecule has 2 rings (SSSR count). The lowest BCUT2D eigenvalue weighted by molar-refractivity contribution is 0.0696. The smallest absolute Gasteiger partial charge is 0.336 e. The zero-order valence-corrected chi connectivity index (χ0v) is 9.43. The van der Waals surface area contributed by atoms with Gasteiger partial charge in [0.2, 0.25) is 0 Å². The lowest BCUT2D eigenvalue weighted by Gasteiger charge is -2.10. The number of aromatic carboxylic acids is 1. The Balaban J connectivity index is 2.16. The number of carboxylic acid groups (broad SMARTS) is 1. The van der Waals surface area contributed by atoms with Crippen molar-refractivity contribution in [3.05, 3.63) is 53.5 Å². The summed E-state index contributed by atoms with van der Waals surface area (Å²) in [4.78, 5) is 11.0. The summed E-state index contributed by atoms with van der Waals surface area (Å²) in [5.41, 5.74) is 2.90. The zero-order valence-electron chi connectivity index (χ0n) is 9.43. The van der Waals surface area contributed by atoms with Crippen molar-refractivity contribution in [3.63, 3.8) is 0 Å². The summed E-state index contributed by atoms with van der Waals surface area (Å²) in [6.07, 6.45) is 3.26. The molecule has 1 aromatic heterocycles. The van der Waals surface area contributed by atoms with Gasteiger partial charge in [0, 0.05) is 17.8 Å². The molecule has 0 radical (unpaired) electrons. The van der Waals surface area contributed by atoms with Gasteiger partial charge in [0.25, 0.3) is 0 Å². The fourth-order valence-corrected chi connectivity index (χ4v) is 1.65. The molecule has 0 aliphatic heterocycles. The second-order valence-electron chi connectivity index (χ2n) is 3.77. The SMILES string of the molecule is Cc1c(NCc2ccoc2)cccc1C(=O)O. The van der Waals surface area contributed by atoms with Crippen LogP contribution in [0.1, 0.15) is 21.5 Å². The highest BCUT2D eigenvalue weighted by molar-refractivity contribution is 5.91. The molecule has 0 spiro atoms. The number of benzene rings is 1. The average molecular weight is 231 g/mol. The van der Waals surface area contributed by atoms with Gasteiger partial charge in [-0.1, -0.05) is 6.07 Å². The Labute approximate surface area is 98.9 Å². The van der Waals surface area contributed by atoms with Crippen molar-refractivity contribution in [2.24, 2.45) is 0 Å². The van der Waals surface area contributed by atoms with Crippen LogP contribution in [0.15, 0.2) is 41.2 Å². The lowest BCUT2D eigenvalue weighted by atomic mass is 10.1. The Morgan fingerprint density at radius 2 is 2.24 bits per heavy atom. The molecule has 2 N–H and O–H groups in total. The highest BCUT2D eigenvalue weighted by Gasteiger charge is 2.09. The second kappa shape index (κ2) is 4.74. The first-order valence-electron chi connectivity index (χ1n) is 5.26. The van der Waals surface area contributed by atoms with Crippen molar-refractivity contribution >= 4 is 11.7 Å². The first-order valence-corrected chi connectivity index (χ1v) is 5.26. The number of nitrogens with one attached hydrogen (secondary N) is 1. The predicted molar refractivity (Wildman–Crippen MR) is 64.2 cm³/mol. The second-order valence-corrected chi connectivity index (χ2v) is 3.77. The first-order chi connectivity index (χ1) is 8.18. The Hall–Kier alpha value is -2.23. The maximum atomic E-state index is 11.0. The van der Waals surface area contributed by atoms with Crippen LogP contribution in [0.25, 0.3) is 0 Å². The van der Waals surface area contributed by atoms with E-state index in [1.807, 2.05) is 12.1 Å². The molecular weight excluding hydrogens is 218 g/mol. The van der Waals surface area contributed by atoms with Crippen molar-refractivity contribution in [2.75, 3.05) is 5.32 Å². The van der Waals surface area contributed by atoms with E-state index in [4.69, 9.17) is 9.52 Å². The molecule has 0 amide bonds. The number of furan rings is 1. The van der Waals surface area contributed by atoms with E-state index in [0.29, 0.717) is 12.1 Å². The molecule has 0 saturated heterocycles. The molecule has 0 fully saturated rings. The van der Waals surface area contributed by atoms with E-state index < -0.39 is 5.97 Å². The van der Waals surface area contributed by atoms with Crippen LogP contribution < -0.4 is 5.32 Å². The summed E-state index contributed by atoms with van der Waals surface area (Å²) >= 11 is 0. The summed E-state index contributed by atoms with van der Waals surface area (Å²) < 4.78 is 4.96. The number of anilines is 1. The predicted octanol–water partition coefficient (Wildman–Crippen LogP) is 2.90. The highest BCUT2D eigenvalue weighted by atomic mass is 16.4. The van der Waals surface area contributed by atoms with Crippen LogP contribution in [0.3, 0.4) is 0 Å². The van der Waals surface area contributed by atoms with Gasteiger partial charge in [-0.3, -0.25) is 0 Å². The molecule has 17 heavy (non-hydrogen) atoms. The standard InChI is InChI=1S/C13H13NO3/c1-9-11(13(15)16)3-2-4-12(9)14-7-10-5-6-17-8-10/h2-6,8,14H,7H2,1H3,(H,15,16).